The number of halogens is 8. The molecule has 8 aromatic rings. The van der Waals surface area contributed by atoms with E-state index in [0.29, 0.717) is 0 Å². The van der Waals surface area contributed by atoms with Gasteiger partial charge < -0.3 is 0 Å². The number of alkyl halides is 2. The van der Waals surface area contributed by atoms with Crippen molar-refractivity contribution in [2.45, 2.75) is 6.92 Å². The van der Waals surface area contributed by atoms with Crippen molar-refractivity contribution in [1.29, 1.82) is 0 Å². The summed E-state index contributed by atoms with van der Waals surface area (Å²) >= 11 is 9.53. The van der Waals surface area contributed by atoms with E-state index in [0.717, 1.165) is 0 Å². The van der Waals surface area contributed by atoms with Crippen LogP contribution in [0.1, 0.15) is 6.92 Å². The molecule has 1 radical (unpaired) electrons. The number of rotatable bonds is 12. The van der Waals surface area contributed by atoms with Crippen molar-refractivity contribution in [3.05, 3.63) is 231 Å². The number of fused-ring (bicyclic) bond motifs is 1. The molecular weight excluding hydrogens is 1120 g/mol. The molecule has 0 spiro atoms. The van der Waals surface area contributed by atoms with E-state index in [2.05, 4.69) is 237 Å². The Bertz CT molecular complexity index is 2150. The maximum absolute atomic E-state index is 10.7. The Hall–Kier alpha value is -3.44. The van der Waals surface area contributed by atoms with Crippen LogP contribution in [0.2, 0.25) is 0 Å². The molecular formula is C52H52Cl2F6P4Re+2. The molecule has 0 N–H and O–H groups in total. The van der Waals surface area contributed by atoms with Gasteiger partial charge in [0.1, 0.15) is 0 Å². The standard InChI is InChI=1S/C41H39P3.C10H8.CH2Cl2.F6P.Re/c1-41(32-42(35-20-8-2-9-21-35)36-22-10-3-11-23-36,33-43(37-24-12-4-13-25-37)38-26-14-5-15-27-38)34-44(39-28-16-6-17-29-39)40-30-18-7-19-31-40;1-2-6-10-8-4-3-7-9(10)5-1;2-1-3;1-7(2,3,4,5)6;/h2-31H,32-34H2,1H3;1-8H;1H2;;/q;;;-1;/p+3. The Morgan fingerprint density at radius 3 is 0.631 bits per heavy atom. The van der Waals surface area contributed by atoms with Crippen LogP contribution in [0.25, 0.3) is 10.8 Å². The molecule has 0 heterocycles. The van der Waals surface area contributed by atoms with E-state index in [1.54, 1.807) is 0 Å². The van der Waals surface area contributed by atoms with E-state index in [1.807, 2.05) is 0 Å². The molecule has 0 aliphatic heterocycles. The number of benzene rings is 8. The molecule has 341 valence electrons. The zero-order chi connectivity index (χ0) is 46.0. The van der Waals surface area contributed by atoms with E-state index in [4.69, 9.17) is 23.2 Å². The van der Waals surface area contributed by atoms with Gasteiger partial charge in [-0.15, -0.1) is 23.2 Å². The maximum Gasteiger partial charge on any atom is 0 e. The fraction of sp³-hybridized carbons (Fsp3) is 0.115. The molecule has 0 unspecified atom stereocenters. The largest absolute Gasteiger partial charge is 0.0616 e. The van der Waals surface area contributed by atoms with Crippen molar-refractivity contribution in [2.24, 2.45) is 5.41 Å². The fourth-order valence-electron chi connectivity index (χ4n) is 7.55. The van der Waals surface area contributed by atoms with Crippen LogP contribution in [-0.2, 0) is 20.4 Å². The van der Waals surface area contributed by atoms with Gasteiger partial charge in [-0.05, 0) is 90.5 Å². The third-order valence-corrected chi connectivity index (χ3v) is 20.0. The Morgan fingerprint density at radius 1 is 0.338 bits per heavy atom. The van der Waals surface area contributed by atoms with Gasteiger partial charge in [-0.2, -0.15) is 0 Å². The molecule has 0 fully saturated rings. The van der Waals surface area contributed by atoms with E-state index >= 15 is 0 Å². The Kier molecular flexibility index (Phi) is 20.9. The second kappa shape index (κ2) is 25.1. The normalized spacial score (nSPS) is 12.2. The van der Waals surface area contributed by atoms with Crippen LogP contribution >= 0.6 is 54.8 Å². The average molecular weight is 1170 g/mol. The van der Waals surface area contributed by atoms with E-state index in [-0.39, 0.29) is 31.2 Å². The van der Waals surface area contributed by atoms with Crippen LogP contribution in [0.4, 0.5) is 25.2 Å². The van der Waals surface area contributed by atoms with Crippen LogP contribution in [0.3, 0.4) is 0 Å². The first-order valence-electron chi connectivity index (χ1n) is 20.5. The summed E-state index contributed by atoms with van der Waals surface area (Å²) in [6.45, 7) is 2.64. The molecule has 8 aromatic carbocycles. The van der Waals surface area contributed by atoms with Gasteiger partial charge in [0.25, 0.3) is 0 Å². The topological polar surface area (TPSA) is 0 Å². The fourth-order valence-corrected chi connectivity index (χ4v) is 17.4. The van der Waals surface area contributed by atoms with E-state index in [9.17, 15) is 25.2 Å². The molecule has 0 saturated carbocycles. The summed E-state index contributed by atoms with van der Waals surface area (Å²) in [4.78, 5) is 0. The average Bonchev–Trinajstić information content (AvgIpc) is 3.31. The molecule has 0 amide bonds. The first-order chi connectivity index (χ1) is 30.5. The van der Waals surface area contributed by atoms with Crippen LogP contribution in [0.15, 0.2) is 231 Å². The number of hydrogen-bond donors (Lipinski definition) is 0. The molecule has 0 atom stereocenters. The van der Waals surface area contributed by atoms with Gasteiger partial charge in [-0.3, -0.25) is 0 Å². The Balaban J connectivity index is 0.000000363. The molecule has 0 aliphatic rings. The first-order valence-corrected chi connectivity index (χ1v) is 28.8. The second-order valence-corrected chi connectivity index (χ2v) is 25.5. The van der Waals surface area contributed by atoms with Crippen molar-refractivity contribution in [1.82, 2.24) is 0 Å². The van der Waals surface area contributed by atoms with Gasteiger partial charge in [0.15, 0.2) is 0 Å². The minimum Gasteiger partial charge on any atom is -0.0616 e. The zero-order valence-electron chi connectivity index (χ0n) is 35.6. The molecule has 13 heteroatoms. The maximum atomic E-state index is 9.87. The predicted octanol–water partition coefficient (Wildman–Crippen LogP) is 15.2. The van der Waals surface area contributed by atoms with Crippen molar-refractivity contribution >= 4 is 97.4 Å². The molecule has 0 aromatic heterocycles. The smallest absolute Gasteiger partial charge is 0 e. The second-order valence-electron chi connectivity index (χ2n) is 15.4. The minimum absolute atomic E-state index is 0. The van der Waals surface area contributed by atoms with Crippen molar-refractivity contribution in [3.8, 4) is 0 Å². The van der Waals surface area contributed by atoms with Crippen LogP contribution < -0.4 is 31.8 Å². The molecule has 8 rings (SSSR count). The quantitative estimate of drug-likeness (QED) is 0.0650. The summed E-state index contributed by atoms with van der Waals surface area (Å²) in [5, 5.41) is 11.9. The van der Waals surface area contributed by atoms with Gasteiger partial charge in [-0.1, -0.05) is 158 Å². The van der Waals surface area contributed by atoms with Gasteiger partial charge in [0.05, 0.1) is 84.8 Å². The summed E-state index contributed by atoms with van der Waals surface area (Å²) in [6, 6.07) is 84.9. The summed E-state index contributed by atoms with van der Waals surface area (Å²) in [7, 11) is -13.8. The molecule has 65 heavy (non-hydrogen) atoms. The third kappa shape index (κ3) is 20.1. The Labute approximate surface area is 407 Å². The molecule has 0 nitrogen and oxygen atoms in total. The van der Waals surface area contributed by atoms with E-state index in [1.165, 1.54) is 61.1 Å². The summed E-state index contributed by atoms with van der Waals surface area (Å²) in [5.41, 5.74) is 0.125. The van der Waals surface area contributed by atoms with E-state index < -0.39 is 31.6 Å². The van der Waals surface area contributed by atoms with Crippen LogP contribution in [0, 0.1) is 5.41 Å². The summed E-state index contributed by atoms with van der Waals surface area (Å²) in [5.74, 6) is 0. The van der Waals surface area contributed by atoms with Gasteiger partial charge >= 0.3 is 33.0 Å². The minimum atomic E-state index is -10.7. The van der Waals surface area contributed by atoms with Gasteiger partial charge in [0.2, 0.25) is 0 Å². The Morgan fingerprint density at radius 2 is 0.477 bits per heavy atom. The molecule has 0 saturated heterocycles. The van der Waals surface area contributed by atoms with Crippen molar-refractivity contribution < 1.29 is 45.6 Å². The SMILES string of the molecule is CC(C[PH+](c1ccccc1)c1ccccc1)(C[PH+](c1ccccc1)c1ccccc1)C[PH+](c1ccccc1)c1ccccc1.ClCCl.F[P-](F)(F)(F)(F)F.[Re].c1ccc2ccccc2c1. The number of hydrogen-bond acceptors (Lipinski definition) is 0. The predicted molar refractivity (Wildman–Crippen MR) is 278 cm³/mol. The van der Waals surface area contributed by atoms with Gasteiger partial charge in [0, 0.05) is 20.4 Å². The van der Waals surface area contributed by atoms with Crippen molar-refractivity contribution in [3.63, 3.8) is 0 Å². The van der Waals surface area contributed by atoms with Gasteiger partial charge in [-0.25, -0.2) is 0 Å². The van der Waals surface area contributed by atoms with Crippen LogP contribution in [-0.4, -0.2) is 23.8 Å². The van der Waals surface area contributed by atoms with Crippen LogP contribution in [0.5, 0.6) is 0 Å². The third-order valence-electron chi connectivity index (χ3n) is 10.2. The molecule has 0 aliphatic carbocycles. The molecule has 0 bridgehead atoms. The summed E-state index contributed by atoms with van der Waals surface area (Å²) in [6.07, 6.45) is 3.61. The monoisotopic (exact) mass is 1170 g/mol. The zero-order valence-corrected chi connectivity index (χ0v) is 43.7. The van der Waals surface area contributed by atoms with Crippen molar-refractivity contribution in [2.75, 3.05) is 23.8 Å². The summed E-state index contributed by atoms with van der Waals surface area (Å²) < 4.78 is 59.2. The first kappa shape index (κ1) is 54.2.